The molecule has 0 saturated carbocycles. The van der Waals surface area contributed by atoms with Gasteiger partial charge in [0.15, 0.2) is 0 Å². The van der Waals surface area contributed by atoms with Gasteiger partial charge in [-0.05, 0) is 18.2 Å². The van der Waals surface area contributed by atoms with Crippen LogP contribution >= 0.6 is 56.5 Å². The fraction of sp³-hybridized carbons (Fsp3) is 0. The van der Waals surface area contributed by atoms with Gasteiger partial charge in [0.25, 0.3) is 5.69 Å². The average Bonchev–Trinajstić information content (AvgIpc) is 2.57. The van der Waals surface area contributed by atoms with Crippen LogP contribution in [0.15, 0.2) is 36.4 Å². The first-order chi connectivity index (χ1) is 11.4. The van der Waals surface area contributed by atoms with Crippen LogP contribution in [0.4, 0.5) is 5.69 Å². The van der Waals surface area contributed by atoms with Crippen molar-refractivity contribution in [3.8, 4) is 12.1 Å². The molecule has 0 fully saturated rings. The van der Waals surface area contributed by atoms with Gasteiger partial charge in [0.05, 0.1) is 25.6 Å². The van der Waals surface area contributed by atoms with Gasteiger partial charge < -0.3 is 0 Å². The number of halogens is 5. The SMILES string of the molecule is ClCl.N#Cc1c(Cl)cccc1Cl.N#Cc1c(Cl)cccc1[N+](=O)[O-]. The summed E-state index contributed by atoms with van der Waals surface area (Å²) in [4.78, 5) is 9.69. The van der Waals surface area contributed by atoms with Gasteiger partial charge in [-0.3, -0.25) is 10.1 Å². The van der Waals surface area contributed by atoms with Crippen LogP contribution < -0.4 is 0 Å². The van der Waals surface area contributed by atoms with Crippen LogP contribution in [0.25, 0.3) is 0 Å². The molecule has 5 nitrogen and oxygen atoms in total. The lowest BCUT2D eigenvalue weighted by atomic mass is 10.2. The molecule has 0 aromatic heterocycles. The lowest BCUT2D eigenvalue weighted by Gasteiger charge is -1.94. The number of nitro groups is 1. The van der Waals surface area contributed by atoms with Gasteiger partial charge in [0.2, 0.25) is 0 Å². The smallest absolute Gasteiger partial charge is 0.258 e. The molecule has 0 aliphatic rings. The van der Waals surface area contributed by atoms with Crippen molar-refractivity contribution in [1.29, 1.82) is 10.5 Å². The highest BCUT2D eigenvalue weighted by Crippen LogP contribution is 2.24. The standard InChI is InChI=1S/C7H3Cl2N.C7H3ClN2O2.Cl2/c8-6-2-1-3-7(9)5(6)4-10;8-6-2-1-3-7(10(11)12)5(6)4-9;1-2/h1-3H;1-3H;. The molecular formula is C14H6Cl5N3O2. The Morgan fingerprint density at radius 2 is 1.21 bits per heavy atom. The maximum absolute atomic E-state index is 10.3. The summed E-state index contributed by atoms with van der Waals surface area (Å²) in [7, 11) is 8.22. The summed E-state index contributed by atoms with van der Waals surface area (Å²) in [5, 5.41) is 28.2. The zero-order valence-electron chi connectivity index (χ0n) is 11.5. The lowest BCUT2D eigenvalue weighted by molar-refractivity contribution is -0.385. The molecule has 0 N–H and O–H groups in total. The minimum atomic E-state index is -0.634. The second kappa shape index (κ2) is 11.8. The van der Waals surface area contributed by atoms with E-state index in [4.69, 9.17) is 45.3 Å². The number of nitrogens with zero attached hydrogens (tertiary/aromatic N) is 3. The molecular weight excluding hydrogens is 419 g/mol. The monoisotopic (exact) mass is 423 g/mol. The van der Waals surface area contributed by atoms with Gasteiger partial charge in [-0.25, -0.2) is 0 Å². The van der Waals surface area contributed by atoms with Crippen molar-refractivity contribution in [3.63, 3.8) is 0 Å². The van der Waals surface area contributed by atoms with Crippen LogP contribution in [0.2, 0.25) is 15.1 Å². The zero-order chi connectivity index (χ0) is 18.7. The number of benzene rings is 2. The largest absolute Gasteiger partial charge is 0.288 e. The Morgan fingerprint density at radius 3 is 1.50 bits per heavy atom. The first-order valence-electron chi connectivity index (χ1n) is 5.73. The molecule has 2 aromatic carbocycles. The maximum Gasteiger partial charge on any atom is 0.288 e. The van der Waals surface area contributed by atoms with Crippen molar-refractivity contribution in [2.75, 3.05) is 0 Å². The Balaban J connectivity index is 0.000000405. The van der Waals surface area contributed by atoms with Crippen LogP contribution in [0.1, 0.15) is 11.1 Å². The van der Waals surface area contributed by atoms with Gasteiger partial charge in [0.1, 0.15) is 17.7 Å². The summed E-state index contributed by atoms with van der Waals surface area (Å²) >= 11 is 16.8. The molecule has 0 heterocycles. The van der Waals surface area contributed by atoms with Gasteiger partial charge in [-0.15, -0.1) is 0 Å². The molecule has 0 aliphatic carbocycles. The van der Waals surface area contributed by atoms with Crippen LogP contribution in [-0.4, -0.2) is 4.92 Å². The fourth-order valence-corrected chi connectivity index (χ4v) is 2.07. The Hall–Kier alpha value is -1.73. The zero-order valence-corrected chi connectivity index (χ0v) is 15.3. The Kier molecular flexibility index (Phi) is 10.9. The van der Waals surface area contributed by atoms with Crippen molar-refractivity contribution in [3.05, 3.63) is 72.7 Å². The van der Waals surface area contributed by atoms with Gasteiger partial charge in [-0.1, -0.05) is 46.9 Å². The topological polar surface area (TPSA) is 90.7 Å². The number of hydrogen-bond acceptors (Lipinski definition) is 4. The Morgan fingerprint density at radius 1 is 0.833 bits per heavy atom. The van der Waals surface area contributed by atoms with E-state index in [0.29, 0.717) is 15.6 Å². The summed E-state index contributed by atoms with van der Waals surface area (Å²) in [5.41, 5.74) is -0.0139. The molecule has 0 spiro atoms. The van der Waals surface area contributed by atoms with E-state index in [0.717, 1.165) is 0 Å². The van der Waals surface area contributed by atoms with Crippen LogP contribution in [0, 0.1) is 32.8 Å². The molecule has 24 heavy (non-hydrogen) atoms. The molecule has 0 atom stereocenters. The predicted molar refractivity (Wildman–Crippen MR) is 95.7 cm³/mol. The van der Waals surface area contributed by atoms with Crippen LogP contribution in [-0.2, 0) is 0 Å². The van der Waals surface area contributed by atoms with E-state index in [-0.39, 0.29) is 16.3 Å². The normalized spacial score (nSPS) is 8.46. The molecule has 2 aromatic rings. The van der Waals surface area contributed by atoms with Crippen molar-refractivity contribution >= 4 is 62.2 Å². The lowest BCUT2D eigenvalue weighted by Crippen LogP contribution is -1.91. The second-order valence-electron chi connectivity index (χ2n) is 3.71. The molecule has 10 heteroatoms. The summed E-state index contributed by atoms with van der Waals surface area (Å²) in [6.07, 6.45) is 0. The average molecular weight is 425 g/mol. The number of hydrogen-bond donors (Lipinski definition) is 0. The molecule has 0 unspecified atom stereocenters. The molecule has 0 amide bonds. The molecule has 2 rings (SSSR count). The third kappa shape index (κ3) is 6.41. The summed E-state index contributed by atoms with van der Waals surface area (Å²) in [5.74, 6) is 0. The van der Waals surface area contributed by atoms with Crippen molar-refractivity contribution in [1.82, 2.24) is 0 Å². The van der Waals surface area contributed by atoms with Crippen LogP contribution in [0.5, 0.6) is 0 Å². The molecule has 124 valence electrons. The highest BCUT2D eigenvalue weighted by molar-refractivity contribution is 6.85. The van der Waals surface area contributed by atoms with Crippen molar-refractivity contribution in [2.24, 2.45) is 0 Å². The van der Waals surface area contributed by atoms with Crippen molar-refractivity contribution in [2.45, 2.75) is 0 Å². The van der Waals surface area contributed by atoms with Gasteiger partial charge in [0, 0.05) is 27.8 Å². The van der Waals surface area contributed by atoms with E-state index < -0.39 is 4.92 Å². The highest BCUT2D eigenvalue weighted by atomic mass is 36.5. The summed E-state index contributed by atoms with van der Waals surface area (Å²) in [6.45, 7) is 0. The minimum absolute atomic E-state index is 0.0934. The molecule has 0 aliphatic heterocycles. The van der Waals surface area contributed by atoms with Gasteiger partial charge >= 0.3 is 0 Å². The maximum atomic E-state index is 10.3. The number of nitro benzene ring substituents is 1. The summed E-state index contributed by atoms with van der Waals surface area (Å²) < 4.78 is 0. The Bertz CT molecular complexity index is 780. The fourth-order valence-electron chi connectivity index (χ4n) is 1.38. The molecule has 0 radical (unpaired) electrons. The first kappa shape index (κ1) is 22.3. The van der Waals surface area contributed by atoms with E-state index in [1.54, 1.807) is 24.3 Å². The number of rotatable bonds is 1. The van der Waals surface area contributed by atoms with E-state index in [1.807, 2.05) is 6.07 Å². The molecule has 0 saturated heterocycles. The van der Waals surface area contributed by atoms with E-state index in [9.17, 15) is 10.1 Å². The quantitative estimate of drug-likeness (QED) is 0.392. The predicted octanol–water partition coefficient (Wildman–Crippen LogP) is 6.36. The minimum Gasteiger partial charge on any atom is -0.258 e. The van der Waals surface area contributed by atoms with Crippen LogP contribution in [0.3, 0.4) is 0 Å². The first-order valence-corrected chi connectivity index (χ1v) is 8.01. The summed E-state index contributed by atoms with van der Waals surface area (Å²) in [6, 6.07) is 12.6. The third-order valence-electron chi connectivity index (χ3n) is 2.37. The van der Waals surface area contributed by atoms with E-state index in [1.165, 1.54) is 18.2 Å². The molecule has 0 bridgehead atoms. The Labute approximate surface area is 162 Å². The third-order valence-corrected chi connectivity index (χ3v) is 3.32. The second-order valence-corrected chi connectivity index (χ2v) is 4.93. The van der Waals surface area contributed by atoms with E-state index >= 15 is 0 Å². The van der Waals surface area contributed by atoms with Gasteiger partial charge in [-0.2, -0.15) is 10.5 Å². The number of nitriles is 2. The van der Waals surface area contributed by atoms with E-state index in [2.05, 4.69) is 21.7 Å². The van der Waals surface area contributed by atoms with Crippen molar-refractivity contribution < 1.29 is 4.92 Å². The highest BCUT2D eigenvalue weighted by Gasteiger charge is 2.15.